The van der Waals surface area contributed by atoms with E-state index in [9.17, 15) is 0 Å². The molecule has 0 atom stereocenters. The summed E-state index contributed by atoms with van der Waals surface area (Å²) in [6, 6.07) is 1.60. The molecule has 0 radical (unpaired) electrons. The van der Waals surface area contributed by atoms with Crippen LogP contribution in [0.1, 0.15) is 5.69 Å². The lowest BCUT2D eigenvalue weighted by Gasteiger charge is -1.98. The minimum Gasteiger partial charge on any atom is -0.257 e. The van der Waals surface area contributed by atoms with Gasteiger partial charge >= 0.3 is 0 Å². The first-order chi connectivity index (χ1) is 5.27. The summed E-state index contributed by atoms with van der Waals surface area (Å²) in [6.45, 7) is 0. The molecule has 56 valence electrons. The minimum atomic E-state index is 0.430. The van der Waals surface area contributed by atoms with Crippen molar-refractivity contribution in [1.29, 1.82) is 0 Å². The zero-order valence-corrected chi connectivity index (χ0v) is 7.02. The fourth-order valence-electron chi connectivity index (χ4n) is 1.03. The second-order valence-corrected chi connectivity index (χ2v) is 3.03. The molecule has 0 unspecified atom stereocenters. The van der Waals surface area contributed by atoms with Gasteiger partial charge in [0.15, 0.2) is 0 Å². The third-order valence-electron chi connectivity index (χ3n) is 1.49. The van der Waals surface area contributed by atoms with Gasteiger partial charge in [-0.2, -0.15) is 0 Å². The third-order valence-corrected chi connectivity index (χ3v) is 1.97. The summed E-state index contributed by atoms with van der Waals surface area (Å²) in [6.07, 6.45) is 2.51. The van der Waals surface area contributed by atoms with Gasteiger partial charge in [-0.05, 0) is 6.07 Å². The molecule has 0 saturated carbocycles. The van der Waals surface area contributed by atoms with E-state index in [1.54, 1.807) is 12.3 Å². The summed E-state index contributed by atoms with van der Waals surface area (Å²) in [5, 5.41) is 1.01. The molecule has 0 fully saturated rings. The van der Waals surface area contributed by atoms with E-state index < -0.39 is 0 Å². The summed E-state index contributed by atoms with van der Waals surface area (Å²) in [5.41, 5.74) is 1.62. The zero-order valence-electron chi connectivity index (χ0n) is 5.51. The number of pyridine rings is 1. The molecule has 4 heteroatoms. The van der Waals surface area contributed by atoms with Crippen molar-refractivity contribution in [2.24, 2.45) is 4.99 Å². The van der Waals surface area contributed by atoms with E-state index >= 15 is 0 Å². The summed E-state index contributed by atoms with van der Waals surface area (Å²) >= 11 is 11.5. The maximum Gasteiger partial charge on any atom is 0.131 e. The van der Waals surface area contributed by atoms with Crippen LogP contribution in [0.15, 0.2) is 11.1 Å². The van der Waals surface area contributed by atoms with Gasteiger partial charge in [0.2, 0.25) is 0 Å². The average molecular weight is 187 g/mol. The van der Waals surface area contributed by atoms with Crippen LogP contribution in [-0.2, 0) is 6.42 Å². The highest BCUT2D eigenvalue weighted by Gasteiger charge is 2.12. The van der Waals surface area contributed by atoms with Gasteiger partial charge in [-0.3, -0.25) is 4.99 Å². The molecule has 0 amide bonds. The monoisotopic (exact) mass is 186 g/mol. The van der Waals surface area contributed by atoms with E-state index in [4.69, 9.17) is 23.2 Å². The van der Waals surface area contributed by atoms with Crippen LogP contribution >= 0.6 is 23.2 Å². The summed E-state index contributed by atoms with van der Waals surface area (Å²) in [4.78, 5) is 8.13. The molecule has 0 aliphatic carbocycles. The summed E-state index contributed by atoms with van der Waals surface area (Å²) in [5.74, 6) is 0. The lowest BCUT2D eigenvalue weighted by atomic mass is 10.3. The molecule has 0 N–H and O–H groups in total. The fourth-order valence-corrected chi connectivity index (χ4v) is 1.56. The van der Waals surface area contributed by atoms with Gasteiger partial charge in [0, 0.05) is 12.6 Å². The van der Waals surface area contributed by atoms with Gasteiger partial charge in [-0.15, -0.1) is 0 Å². The Kier molecular flexibility index (Phi) is 1.59. The molecule has 1 aliphatic heterocycles. The molecular weight excluding hydrogens is 183 g/mol. The molecule has 1 aliphatic rings. The molecule has 2 heterocycles. The Hall–Kier alpha value is -0.600. The topological polar surface area (TPSA) is 25.2 Å². The first kappa shape index (κ1) is 7.07. The van der Waals surface area contributed by atoms with Gasteiger partial charge in [-0.25, -0.2) is 4.98 Å². The maximum atomic E-state index is 5.84. The molecular formula is C7H4Cl2N2. The second kappa shape index (κ2) is 2.47. The SMILES string of the molecule is Clc1cc(Cl)c2c(n1)CC=N2. The molecule has 1 aromatic rings. The van der Waals surface area contributed by atoms with Crippen molar-refractivity contribution in [3.8, 4) is 0 Å². The van der Waals surface area contributed by atoms with E-state index in [0.29, 0.717) is 10.2 Å². The second-order valence-electron chi connectivity index (χ2n) is 2.24. The molecule has 11 heavy (non-hydrogen) atoms. The van der Waals surface area contributed by atoms with Gasteiger partial charge < -0.3 is 0 Å². The summed E-state index contributed by atoms with van der Waals surface area (Å²) in [7, 11) is 0. The largest absolute Gasteiger partial charge is 0.257 e. The fraction of sp³-hybridized carbons (Fsp3) is 0.143. The number of halogens is 2. The third kappa shape index (κ3) is 1.12. The predicted molar refractivity (Wildman–Crippen MR) is 46.1 cm³/mol. The zero-order chi connectivity index (χ0) is 7.84. The lowest BCUT2D eigenvalue weighted by molar-refractivity contribution is 1.18. The predicted octanol–water partition coefficient (Wildman–Crippen LogP) is 2.65. The first-order valence-corrected chi connectivity index (χ1v) is 3.90. The van der Waals surface area contributed by atoms with E-state index in [0.717, 1.165) is 17.8 Å². The van der Waals surface area contributed by atoms with E-state index in [2.05, 4.69) is 9.98 Å². The molecule has 2 rings (SSSR count). The highest BCUT2D eigenvalue weighted by atomic mass is 35.5. The van der Waals surface area contributed by atoms with E-state index in [1.165, 1.54) is 0 Å². The van der Waals surface area contributed by atoms with Crippen LogP contribution in [0, 0.1) is 0 Å². The highest BCUT2D eigenvalue weighted by molar-refractivity contribution is 6.36. The number of rotatable bonds is 0. The van der Waals surface area contributed by atoms with Crippen LogP contribution < -0.4 is 0 Å². The van der Waals surface area contributed by atoms with Gasteiger partial charge in [0.25, 0.3) is 0 Å². The molecule has 0 aromatic carbocycles. The van der Waals surface area contributed by atoms with Crippen LogP contribution in [-0.4, -0.2) is 11.2 Å². The van der Waals surface area contributed by atoms with E-state index in [-0.39, 0.29) is 0 Å². The van der Waals surface area contributed by atoms with Crippen molar-refractivity contribution in [3.05, 3.63) is 21.9 Å². The standard InChI is InChI=1S/C7H4Cl2N2/c8-4-3-6(9)11-5-1-2-10-7(4)5/h2-3H,1H2. The molecule has 0 spiro atoms. The van der Waals surface area contributed by atoms with Crippen LogP contribution in [0.3, 0.4) is 0 Å². The van der Waals surface area contributed by atoms with Crippen LogP contribution in [0.25, 0.3) is 0 Å². The molecule has 0 bridgehead atoms. The van der Waals surface area contributed by atoms with Crippen LogP contribution in [0.2, 0.25) is 10.2 Å². The normalized spacial score (nSPS) is 13.6. The Balaban J connectivity index is 2.67. The Morgan fingerprint density at radius 2 is 2.18 bits per heavy atom. The number of aromatic nitrogens is 1. The van der Waals surface area contributed by atoms with Gasteiger partial charge in [0.05, 0.1) is 10.7 Å². The summed E-state index contributed by atoms with van der Waals surface area (Å²) < 4.78 is 0. The Labute approximate surface area is 73.9 Å². The number of nitrogens with zero attached hydrogens (tertiary/aromatic N) is 2. The van der Waals surface area contributed by atoms with Crippen LogP contribution in [0.4, 0.5) is 5.69 Å². The average Bonchev–Trinajstić information content (AvgIpc) is 2.34. The highest BCUT2D eigenvalue weighted by Crippen LogP contribution is 2.32. The Morgan fingerprint density at radius 1 is 1.36 bits per heavy atom. The lowest BCUT2D eigenvalue weighted by Crippen LogP contribution is -1.86. The van der Waals surface area contributed by atoms with Crippen molar-refractivity contribution in [1.82, 2.24) is 4.98 Å². The Morgan fingerprint density at radius 3 is 3.00 bits per heavy atom. The van der Waals surface area contributed by atoms with Crippen LogP contribution in [0.5, 0.6) is 0 Å². The van der Waals surface area contributed by atoms with Gasteiger partial charge in [-0.1, -0.05) is 23.2 Å². The van der Waals surface area contributed by atoms with Gasteiger partial charge in [0.1, 0.15) is 10.8 Å². The minimum absolute atomic E-state index is 0.430. The van der Waals surface area contributed by atoms with Crippen molar-refractivity contribution in [2.75, 3.05) is 0 Å². The van der Waals surface area contributed by atoms with Crippen molar-refractivity contribution >= 4 is 35.1 Å². The van der Waals surface area contributed by atoms with Crippen molar-refractivity contribution < 1.29 is 0 Å². The number of aliphatic imine (C=N–C) groups is 1. The molecule has 2 nitrogen and oxygen atoms in total. The molecule has 1 aromatic heterocycles. The smallest absolute Gasteiger partial charge is 0.131 e. The number of hydrogen-bond donors (Lipinski definition) is 0. The van der Waals surface area contributed by atoms with Crippen molar-refractivity contribution in [3.63, 3.8) is 0 Å². The number of fused-ring (bicyclic) bond motifs is 1. The quantitative estimate of drug-likeness (QED) is 0.573. The van der Waals surface area contributed by atoms with Crippen molar-refractivity contribution in [2.45, 2.75) is 6.42 Å². The van der Waals surface area contributed by atoms with E-state index in [1.807, 2.05) is 0 Å². The number of hydrogen-bond acceptors (Lipinski definition) is 2. The Bertz CT molecular complexity index is 333. The maximum absolute atomic E-state index is 5.84. The first-order valence-electron chi connectivity index (χ1n) is 3.15. The molecule has 0 saturated heterocycles.